The van der Waals surface area contributed by atoms with Crippen molar-refractivity contribution in [1.82, 2.24) is 10.3 Å². The molecule has 0 aromatic carbocycles. The highest BCUT2D eigenvalue weighted by molar-refractivity contribution is 5.47. The third-order valence-electron chi connectivity index (χ3n) is 3.45. The standard InChI is InChI=1S/C16H29N3/c1-6-15(7-2)19(12-13(3)4)16-14(11-17-5)9-8-10-18-16/h8-10,13,15,17H,6-7,11-12H2,1-5H3. The zero-order chi connectivity index (χ0) is 14.3. The first-order valence-corrected chi connectivity index (χ1v) is 7.49. The Balaban J connectivity index is 3.08. The van der Waals surface area contributed by atoms with Gasteiger partial charge in [0.05, 0.1) is 0 Å². The number of rotatable bonds is 8. The van der Waals surface area contributed by atoms with Gasteiger partial charge in [0.15, 0.2) is 0 Å². The molecule has 0 fully saturated rings. The molecular weight excluding hydrogens is 234 g/mol. The Morgan fingerprint density at radius 3 is 2.47 bits per heavy atom. The van der Waals surface area contributed by atoms with E-state index in [2.05, 4.69) is 49.0 Å². The Labute approximate surface area is 118 Å². The SMILES string of the molecule is CCC(CC)N(CC(C)C)c1ncccc1CNC. The summed E-state index contributed by atoms with van der Waals surface area (Å²) in [6.45, 7) is 11.0. The molecule has 19 heavy (non-hydrogen) atoms. The van der Waals surface area contributed by atoms with Gasteiger partial charge >= 0.3 is 0 Å². The molecule has 0 bridgehead atoms. The minimum absolute atomic E-state index is 0.577. The smallest absolute Gasteiger partial charge is 0.133 e. The topological polar surface area (TPSA) is 28.2 Å². The molecule has 0 aliphatic rings. The summed E-state index contributed by atoms with van der Waals surface area (Å²) in [5.41, 5.74) is 1.29. The Hall–Kier alpha value is -1.09. The van der Waals surface area contributed by atoms with Crippen molar-refractivity contribution < 1.29 is 0 Å². The summed E-state index contributed by atoms with van der Waals surface area (Å²) in [5, 5.41) is 3.24. The van der Waals surface area contributed by atoms with E-state index >= 15 is 0 Å². The molecule has 0 aliphatic carbocycles. The number of anilines is 1. The predicted octanol–water partition coefficient (Wildman–Crippen LogP) is 3.45. The van der Waals surface area contributed by atoms with Gasteiger partial charge in [-0.1, -0.05) is 33.8 Å². The lowest BCUT2D eigenvalue weighted by atomic mass is 10.1. The van der Waals surface area contributed by atoms with Crippen LogP contribution in [0.15, 0.2) is 18.3 Å². The van der Waals surface area contributed by atoms with Crippen LogP contribution in [0.4, 0.5) is 5.82 Å². The lowest BCUT2D eigenvalue weighted by molar-refractivity contribution is 0.501. The van der Waals surface area contributed by atoms with Crippen molar-refractivity contribution in [1.29, 1.82) is 0 Å². The molecule has 1 N–H and O–H groups in total. The van der Waals surface area contributed by atoms with Gasteiger partial charge in [-0.05, 0) is 31.9 Å². The van der Waals surface area contributed by atoms with Gasteiger partial charge in [0, 0.05) is 30.9 Å². The quantitative estimate of drug-likeness (QED) is 0.778. The highest BCUT2D eigenvalue weighted by Gasteiger charge is 2.20. The van der Waals surface area contributed by atoms with E-state index in [-0.39, 0.29) is 0 Å². The summed E-state index contributed by atoms with van der Waals surface area (Å²) < 4.78 is 0. The number of aromatic nitrogens is 1. The maximum atomic E-state index is 4.65. The fraction of sp³-hybridized carbons (Fsp3) is 0.688. The number of nitrogens with zero attached hydrogens (tertiary/aromatic N) is 2. The van der Waals surface area contributed by atoms with E-state index in [1.165, 1.54) is 18.4 Å². The van der Waals surface area contributed by atoms with Crippen LogP contribution in [0.1, 0.15) is 46.1 Å². The largest absolute Gasteiger partial charge is 0.353 e. The minimum Gasteiger partial charge on any atom is -0.353 e. The molecular formula is C16H29N3. The first-order chi connectivity index (χ1) is 9.13. The zero-order valence-corrected chi connectivity index (χ0v) is 13.1. The molecule has 108 valence electrons. The van der Waals surface area contributed by atoms with Crippen LogP contribution in [0.5, 0.6) is 0 Å². The minimum atomic E-state index is 0.577. The molecule has 0 amide bonds. The number of hydrogen-bond acceptors (Lipinski definition) is 3. The van der Waals surface area contributed by atoms with Gasteiger partial charge in [-0.25, -0.2) is 4.98 Å². The fourth-order valence-corrected chi connectivity index (χ4v) is 2.55. The average Bonchev–Trinajstić information content (AvgIpc) is 2.39. The number of hydrogen-bond donors (Lipinski definition) is 1. The van der Waals surface area contributed by atoms with Crippen LogP contribution in [0.3, 0.4) is 0 Å². The summed E-state index contributed by atoms with van der Waals surface area (Å²) in [4.78, 5) is 7.15. The molecule has 3 nitrogen and oxygen atoms in total. The van der Waals surface area contributed by atoms with Gasteiger partial charge in [0.2, 0.25) is 0 Å². The molecule has 0 saturated carbocycles. The van der Waals surface area contributed by atoms with E-state index in [9.17, 15) is 0 Å². The third-order valence-corrected chi connectivity index (χ3v) is 3.45. The average molecular weight is 263 g/mol. The second-order valence-electron chi connectivity index (χ2n) is 5.53. The van der Waals surface area contributed by atoms with Gasteiger partial charge in [-0.2, -0.15) is 0 Å². The summed E-state index contributed by atoms with van der Waals surface area (Å²) in [6, 6.07) is 4.78. The molecule has 0 saturated heterocycles. The summed E-state index contributed by atoms with van der Waals surface area (Å²) in [5.74, 6) is 1.80. The highest BCUT2D eigenvalue weighted by Crippen LogP contribution is 2.23. The normalized spacial score (nSPS) is 11.3. The summed E-state index contributed by atoms with van der Waals surface area (Å²) >= 11 is 0. The Morgan fingerprint density at radius 2 is 1.95 bits per heavy atom. The molecule has 1 aromatic rings. The Bertz CT molecular complexity index is 359. The highest BCUT2D eigenvalue weighted by atomic mass is 15.2. The maximum absolute atomic E-state index is 4.65. The fourth-order valence-electron chi connectivity index (χ4n) is 2.55. The van der Waals surface area contributed by atoms with Crippen molar-refractivity contribution in [3.8, 4) is 0 Å². The zero-order valence-electron chi connectivity index (χ0n) is 13.1. The first-order valence-electron chi connectivity index (χ1n) is 7.49. The van der Waals surface area contributed by atoms with Crippen molar-refractivity contribution in [2.75, 3.05) is 18.5 Å². The Morgan fingerprint density at radius 1 is 1.26 bits per heavy atom. The molecule has 1 heterocycles. The second kappa shape index (κ2) is 8.16. The van der Waals surface area contributed by atoms with E-state index in [0.717, 1.165) is 18.9 Å². The van der Waals surface area contributed by atoms with Crippen LogP contribution in [0.25, 0.3) is 0 Å². The van der Waals surface area contributed by atoms with E-state index in [0.29, 0.717) is 12.0 Å². The van der Waals surface area contributed by atoms with Crippen LogP contribution in [-0.4, -0.2) is 24.6 Å². The first kappa shape index (κ1) is 16.0. The van der Waals surface area contributed by atoms with E-state index < -0.39 is 0 Å². The number of nitrogens with one attached hydrogen (secondary N) is 1. The van der Waals surface area contributed by atoms with Gasteiger partial charge in [-0.15, -0.1) is 0 Å². The van der Waals surface area contributed by atoms with Gasteiger partial charge < -0.3 is 10.2 Å². The summed E-state index contributed by atoms with van der Waals surface area (Å²) in [7, 11) is 1.99. The van der Waals surface area contributed by atoms with Crippen molar-refractivity contribution in [3.63, 3.8) is 0 Å². The molecule has 0 aliphatic heterocycles. The molecule has 1 rings (SSSR count). The molecule has 3 heteroatoms. The lowest BCUT2D eigenvalue weighted by Crippen LogP contribution is -2.38. The van der Waals surface area contributed by atoms with Crippen molar-refractivity contribution in [2.45, 2.75) is 53.1 Å². The third kappa shape index (κ3) is 4.50. The van der Waals surface area contributed by atoms with Gasteiger partial charge in [-0.3, -0.25) is 0 Å². The molecule has 0 radical (unpaired) electrons. The van der Waals surface area contributed by atoms with E-state index in [1.807, 2.05) is 19.3 Å². The molecule has 0 atom stereocenters. The maximum Gasteiger partial charge on any atom is 0.133 e. The van der Waals surface area contributed by atoms with Crippen molar-refractivity contribution in [2.24, 2.45) is 5.92 Å². The molecule has 0 spiro atoms. The van der Waals surface area contributed by atoms with Crippen molar-refractivity contribution >= 4 is 5.82 Å². The lowest BCUT2D eigenvalue weighted by Gasteiger charge is -2.34. The van der Waals surface area contributed by atoms with Crippen LogP contribution in [0, 0.1) is 5.92 Å². The molecule has 1 aromatic heterocycles. The number of pyridine rings is 1. The van der Waals surface area contributed by atoms with E-state index in [1.54, 1.807) is 0 Å². The van der Waals surface area contributed by atoms with Crippen molar-refractivity contribution in [3.05, 3.63) is 23.9 Å². The Kier molecular flexibility index (Phi) is 6.85. The van der Waals surface area contributed by atoms with Crippen LogP contribution < -0.4 is 10.2 Å². The summed E-state index contributed by atoms with van der Waals surface area (Å²) in [6.07, 6.45) is 4.24. The predicted molar refractivity (Wildman–Crippen MR) is 83.6 cm³/mol. The van der Waals surface area contributed by atoms with Crippen LogP contribution >= 0.6 is 0 Å². The molecule has 0 unspecified atom stereocenters. The second-order valence-corrected chi connectivity index (χ2v) is 5.53. The van der Waals surface area contributed by atoms with Gasteiger partial charge in [0.25, 0.3) is 0 Å². The monoisotopic (exact) mass is 263 g/mol. The van der Waals surface area contributed by atoms with Crippen LogP contribution in [-0.2, 0) is 6.54 Å². The van der Waals surface area contributed by atoms with Crippen LogP contribution in [0.2, 0.25) is 0 Å². The van der Waals surface area contributed by atoms with E-state index in [4.69, 9.17) is 0 Å². The van der Waals surface area contributed by atoms with Gasteiger partial charge in [0.1, 0.15) is 5.82 Å².